The van der Waals surface area contributed by atoms with E-state index in [-0.39, 0.29) is 17.0 Å². The van der Waals surface area contributed by atoms with Crippen molar-refractivity contribution >= 4 is 6.09 Å². The molecule has 124 valence electrons. The molecule has 1 N–H and O–H groups in total. The molecule has 2 aliphatic heterocycles. The lowest BCUT2D eigenvalue weighted by Gasteiger charge is -2.34. The van der Waals surface area contributed by atoms with Crippen LogP contribution >= 0.6 is 0 Å². The molecule has 2 bridgehead atoms. The number of rotatable bonds is 4. The molecule has 0 fully saturated rings. The Morgan fingerprint density at radius 3 is 2.78 bits per heavy atom. The molecule has 1 amide bonds. The van der Waals surface area contributed by atoms with Crippen LogP contribution in [0.25, 0.3) is 0 Å². The number of benzene rings is 1. The van der Waals surface area contributed by atoms with Crippen molar-refractivity contribution < 1.29 is 9.53 Å². The Hall–Kier alpha value is -1.81. The molecule has 2 aliphatic rings. The van der Waals surface area contributed by atoms with Gasteiger partial charge in [0.1, 0.15) is 12.1 Å². The monoisotopic (exact) mass is 314 g/mol. The molecule has 0 aliphatic carbocycles. The van der Waals surface area contributed by atoms with Crippen LogP contribution in [-0.2, 0) is 10.3 Å². The van der Waals surface area contributed by atoms with Gasteiger partial charge in [-0.3, -0.25) is 4.90 Å². The number of likely N-dealkylation sites (N-methyl/N-ethyl adjacent to an activating group) is 1. The van der Waals surface area contributed by atoms with E-state index in [0.717, 1.165) is 6.54 Å². The molecule has 23 heavy (non-hydrogen) atoms. The van der Waals surface area contributed by atoms with E-state index in [1.165, 1.54) is 11.1 Å². The highest BCUT2D eigenvalue weighted by Gasteiger charge is 2.51. The minimum atomic E-state index is -0.341. The van der Waals surface area contributed by atoms with Crippen molar-refractivity contribution in [2.75, 3.05) is 19.7 Å². The van der Waals surface area contributed by atoms with Crippen molar-refractivity contribution in [3.63, 3.8) is 0 Å². The number of ether oxygens (including phenoxy) is 1. The van der Waals surface area contributed by atoms with E-state index in [1.807, 2.05) is 0 Å². The summed E-state index contributed by atoms with van der Waals surface area (Å²) in [5, 5.41) is 2.85. The zero-order valence-electron chi connectivity index (χ0n) is 14.4. The first-order valence-electron chi connectivity index (χ1n) is 8.33. The number of fused-ring (bicyclic) bond motifs is 5. The Balaban J connectivity index is 1.73. The van der Waals surface area contributed by atoms with Gasteiger partial charge in [0, 0.05) is 6.54 Å². The summed E-state index contributed by atoms with van der Waals surface area (Å²) in [4.78, 5) is 14.4. The SMILES string of the molecule is CCN1C2C=CC1(COC(=O)NCC(C)(C)C)c1ccccc12. The minimum absolute atomic E-state index is 0.0467. The molecular formula is C19H26N2O2. The van der Waals surface area contributed by atoms with Crippen LogP contribution in [0.1, 0.15) is 44.9 Å². The third-order valence-electron chi connectivity index (χ3n) is 4.68. The fourth-order valence-electron chi connectivity index (χ4n) is 3.61. The van der Waals surface area contributed by atoms with E-state index in [0.29, 0.717) is 19.2 Å². The first kappa shape index (κ1) is 16.1. The van der Waals surface area contributed by atoms with Gasteiger partial charge in [-0.2, -0.15) is 0 Å². The Bertz CT molecular complexity index is 633. The molecule has 2 heterocycles. The van der Waals surface area contributed by atoms with Gasteiger partial charge in [-0.05, 0) is 23.1 Å². The Morgan fingerprint density at radius 2 is 2.09 bits per heavy atom. The maximum absolute atomic E-state index is 12.0. The van der Waals surface area contributed by atoms with E-state index in [1.54, 1.807) is 0 Å². The highest BCUT2D eigenvalue weighted by Crippen LogP contribution is 2.52. The van der Waals surface area contributed by atoms with E-state index < -0.39 is 0 Å². The van der Waals surface area contributed by atoms with E-state index in [4.69, 9.17) is 4.74 Å². The first-order valence-corrected chi connectivity index (χ1v) is 8.33. The Morgan fingerprint density at radius 1 is 1.35 bits per heavy atom. The second kappa shape index (κ2) is 5.68. The van der Waals surface area contributed by atoms with Crippen molar-refractivity contribution in [2.24, 2.45) is 5.41 Å². The lowest BCUT2D eigenvalue weighted by molar-refractivity contribution is 0.0586. The number of nitrogens with zero attached hydrogens (tertiary/aromatic N) is 1. The number of hydrogen-bond acceptors (Lipinski definition) is 3. The largest absolute Gasteiger partial charge is 0.447 e. The molecule has 4 heteroatoms. The minimum Gasteiger partial charge on any atom is -0.447 e. The molecule has 2 unspecified atom stereocenters. The second-order valence-corrected chi connectivity index (χ2v) is 7.59. The smallest absolute Gasteiger partial charge is 0.407 e. The maximum Gasteiger partial charge on any atom is 0.407 e. The van der Waals surface area contributed by atoms with Crippen molar-refractivity contribution in [1.82, 2.24) is 10.2 Å². The molecule has 1 aromatic rings. The van der Waals surface area contributed by atoms with Crippen LogP contribution < -0.4 is 5.32 Å². The van der Waals surface area contributed by atoms with Crippen LogP contribution in [0.5, 0.6) is 0 Å². The predicted molar refractivity (Wildman–Crippen MR) is 91.2 cm³/mol. The Kier molecular flexibility index (Phi) is 3.96. The molecule has 4 nitrogen and oxygen atoms in total. The average molecular weight is 314 g/mol. The van der Waals surface area contributed by atoms with Crippen LogP contribution in [-0.4, -0.2) is 30.7 Å². The van der Waals surface area contributed by atoms with Gasteiger partial charge in [0.25, 0.3) is 0 Å². The summed E-state index contributed by atoms with van der Waals surface area (Å²) in [7, 11) is 0. The number of amides is 1. The number of hydrogen-bond donors (Lipinski definition) is 1. The Labute approximate surface area is 138 Å². The third kappa shape index (κ3) is 2.76. The van der Waals surface area contributed by atoms with E-state index >= 15 is 0 Å². The second-order valence-electron chi connectivity index (χ2n) is 7.59. The van der Waals surface area contributed by atoms with Gasteiger partial charge in [-0.25, -0.2) is 4.79 Å². The number of alkyl carbamates (subject to hydrolysis) is 1. The zero-order chi connectivity index (χ0) is 16.7. The summed E-state index contributed by atoms with van der Waals surface area (Å²) in [6.45, 7) is 10.3. The van der Waals surface area contributed by atoms with Crippen LogP contribution in [0.3, 0.4) is 0 Å². The van der Waals surface area contributed by atoms with Gasteiger partial charge in [0.2, 0.25) is 0 Å². The van der Waals surface area contributed by atoms with Crippen molar-refractivity contribution in [1.29, 1.82) is 0 Å². The average Bonchev–Trinajstić information content (AvgIpc) is 3.01. The first-order chi connectivity index (χ1) is 10.9. The quantitative estimate of drug-likeness (QED) is 0.863. The molecule has 3 rings (SSSR count). The lowest BCUT2D eigenvalue weighted by atomic mass is 9.87. The fraction of sp³-hybridized carbons (Fsp3) is 0.526. The van der Waals surface area contributed by atoms with Gasteiger partial charge >= 0.3 is 6.09 Å². The third-order valence-corrected chi connectivity index (χ3v) is 4.68. The predicted octanol–water partition coefficient (Wildman–Crippen LogP) is 3.60. The highest BCUT2D eigenvalue weighted by molar-refractivity contribution is 5.67. The van der Waals surface area contributed by atoms with Gasteiger partial charge in [-0.15, -0.1) is 0 Å². The summed E-state index contributed by atoms with van der Waals surface area (Å²) in [5.41, 5.74) is 2.33. The number of carbonyl (C=O) groups is 1. The van der Waals surface area contributed by atoms with E-state index in [9.17, 15) is 4.79 Å². The summed E-state index contributed by atoms with van der Waals surface area (Å²) >= 11 is 0. The van der Waals surface area contributed by atoms with Gasteiger partial charge in [0.05, 0.1) is 6.04 Å². The molecule has 0 aromatic heterocycles. The lowest BCUT2D eigenvalue weighted by Crippen LogP contribution is -2.43. The van der Waals surface area contributed by atoms with Gasteiger partial charge in [-0.1, -0.05) is 64.1 Å². The molecule has 2 atom stereocenters. The van der Waals surface area contributed by atoms with Crippen LogP contribution in [0, 0.1) is 5.41 Å². The molecule has 0 radical (unpaired) electrons. The zero-order valence-corrected chi connectivity index (χ0v) is 14.4. The summed E-state index contributed by atoms with van der Waals surface area (Å²) < 4.78 is 5.59. The molecule has 0 spiro atoms. The topological polar surface area (TPSA) is 41.6 Å². The summed E-state index contributed by atoms with van der Waals surface area (Å²) in [5.74, 6) is 0. The highest BCUT2D eigenvalue weighted by atomic mass is 16.5. The maximum atomic E-state index is 12.0. The van der Waals surface area contributed by atoms with Crippen molar-refractivity contribution in [3.05, 3.63) is 47.5 Å². The summed E-state index contributed by atoms with van der Waals surface area (Å²) in [6, 6.07) is 8.76. The molecule has 1 aromatic carbocycles. The van der Waals surface area contributed by atoms with Crippen LogP contribution in [0.4, 0.5) is 4.79 Å². The van der Waals surface area contributed by atoms with Crippen molar-refractivity contribution in [3.8, 4) is 0 Å². The van der Waals surface area contributed by atoms with Gasteiger partial charge < -0.3 is 10.1 Å². The van der Waals surface area contributed by atoms with Crippen molar-refractivity contribution in [2.45, 2.75) is 39.3 Å². The summed E-state index contributed by atoms with van der Waals surface area (Å²) in [6.07, 6.45) is 4.08. The molecule has 0 saturated heterocycles. The molecule has 0 saturated carbocycles. The molecular weight excluding hydrogens is 288 g/mol. The van der Waals surface area contributed by atoms with E-state index in [2.05, 4.69) is 74.3 Å². The van der Waals surface area contributed by atoms with Gasteiger partial charge in [0.15, 0.2) is 0 Å². The van der Waals surface area contributed by atoms with Crippen LogP contribution in [0.2, 0.25) is 0 Å². The fourth-order valence-corrected chi connectivity index (χ4v) is 3.61. The normalized spacial score (nSPS) is 25.5. The van der Waals surface area contributed by atoms with Crippen LogP contribution in [0.15, 0.2) is 36.4 Å². The standard InChI is InChI=1S/C19H26N2O2/c1-5-21-16-10-11-19(21,15-9-7-6-8-14(15)16)13-23-17(22)20-12-18(2,3)4/h6-11,16H,5,12-13H2,1-4H3,(H,20,22). The number of carbonyl (C=O) groups excluding carboxylic acids is 1. The number of nitrogens with one attached hydrogen (secondary N) is 1.